The van der Waals surface area contributed by atoms with Crippen LogP contribution in [-0.4, -0.2) is 29.1 Å². The van der Waals surface area contributed by atoms with Crippen molar-refractivity contribution in [1.29, 1.82) is 0 Å². The molecule has 0 unspecified atom stereocenters. The van der Waals surface area contributed by atoms with Gasteiger partial charge in [0.25, 0.3) is 12.7 Å². The molecule has 0 spiro atoms. The quantitative estimate of drug-likeness (QED) is 0.106. The molecule has 0 aliphatic rings. The summed E-state index contributed by atoms with van der Waals surface area (Å²) in [7, 11) is 0. The van der Waals surface area contributed by atoms with E-state index in [1.165, 1.54) is 22.3 Å². The Morgan fingerprint density at radius 2 is 0.871 bits per heavy atom. The van der Waals surface area contributed by atoms with Crippen LogP contribution in [0.25, 0.3) is 56.2 Å². The van der Waals surface area contributed by atoms with Crippen molar-refractivity contribution in [2.75, 3.05) is 0 Å². The number of hydrogen-bond donors (Lipinski definition) is 0. The van der Waals surface area contributed by atoms with Gasteiger partial charge in [-0.3, -0.25) is 9.13 Å². The summed E-state index contributed by atoms with van der Waals surface area (Å²) in [6.45, 7) is 8.38. The molecule has 0 saturated heterocycles. The summed E-state index contributed by atoms with van der Waals surface area (Å²) in [6.07, 6.45) is 17.0. The van der Waals surface area contributed by atoms with Crippen molar-refractivity contribution >= 4 is 22.1 Å². The van der Waals surface area contributed by atoms with Gasteiger partial charge in [0, 0.05) is 65.1 Å². The van der Waals surface area contributed by atoms with Crippen molar-refractivity contribution in [3.8, 4) is 57.1 Å². The first-order valence-corrected chi connectivity index (χ1v) is 19.3. The molecular weight excluding hydrogens is 1130 g/mol. The molecule has 0 saturated carbocycles. The Kier molecular flexibility index (Phi) is 12.1. The molecule has 0 radical (unpaired) electrons. The molecule has 10 aromatic rings. The molecule has 10 nitrogen and oxygen atoms in total. The topological polar surface area (TPSA) is 87.6 Å². The van der Waals surface area contributed by atoms with E-state index in [1.54, 1.807) is 49.3 Å². The minimum Gasteiger partial charge on any atom is -0.509 e. The fraction of sp³-hybridized carbons (Fsp3) is 0.0800. The van der Waals surface area contributed by atoms with Gasteiger partial charge in [-0.2, -0.15) is 12.1 Å². The molecule has 0 aliphatic carbocycles. The summed E-state index contributed by atoms with van der Waals surface area (Å²) in [4.78, 5) is 18.0. The summed E-state index contributed by atoms with van der Waals surface area (Å²) in [6, 6.07) is 45.8. The van der Waals surface area contributed by atoms with E-state index in [2.05, 4.69) is 142 Å². The third-order valence-electron chi connectivity index (χ3n) is 9.82. The number of fused-ring (bicyclic) bond motifs is 2. The summed E-state index contributed by atoms with van der Waals surface area (Å²) in [5.74, 6) is 1.60. The van der Waals surface area contributed by atoms with Crippen molar-refractivity contribution < 1.29 is 60.7 Å². The third kappa shape index (κ3) is 8.49. The van der Waals surface area contributed by atoms with Crippen molar-refractivity contribution in [3.05, 3.63) is 193 Å². The number of pyridine rings is 4. The van der Waals surface area contributed by atoms with Gasteiger partial charge in [0.05, 0.1) is 33.4 Å². The summed E-state index contributed by atoms with van der Waals surface area (Å²) < 4.78 is 20.5. The molecule has 62 heavy (non-hydrogen) atoms. The zero-order chi connectivity index (χ0) is 40.7. The summed E-state index contributed by atoms with van der Waals surface area (Å²) >= 11 is 0. The molecule has 6 heterocycles. The number of rotatable bonds is 9. The standard InChI is InChI=1S/C50H34N8O2.2Pt/c1-33-17-34(2)20-37(19-33)55-31-57(49-11-7-5-9-47(49)55)39-23-43(29-51-27-39)59-41-13-15-53-45(25-41)46-26-42(14-16-54-46)60-44-24-40(28-52-30-44)58-32-56(48-10-6-8-12-50(48)58)38-21-35(3)18-36(4)22-38;;/h5-22,27-30H,1-4H3;;/q-4;;. The van der Waals surface area contributed by atoms with Gasteiger partial charge < -0.3 is 38.5 Å². The molecule has 6 aromatic heterocycles. The van der Waals surface area contributed by atoms with Crippen LogP contribution in [0.15, 0.2) is 134 Å². The number of benzene rings is 4. The minimum absolute atomic E-state index is 0. The predicted octanol–water partition coefficient (Wildman–Crippen LogP) is 8.99. The van der Waals surface area contributed by atoms with Gasteiger partial charge in [0.2, 0.25) is 0 Å². The zero-order valence-electron chi connectivity index (χ0n) is 33.7. The van der Waals surface area contributed by atoms with E-state index in [1.807, 2.05) is 45.5 Å². The normalized spacial score (nSPS) is 11.0. The molecule has 4 aromatic carbocycles. The zero-order valence-corrected chi connectivity index (χ0v) is 38.3. The second-order valence-corrected chi connectivity index (χ2v) is 14.5. The Morgan fingerprint density at radius 3 is 1.29 bits per heavy atom. The number of aromatic nitrogens is 8. The molecule has 310 valence electrons. The van der Waals surface area contributed by atoms with Crippen LogP contribution in [0.3, 0.4) is 0 Å². The van der Waals surface area contributed by atoms with Gasteiger partial charge in [-0.25, -0.2) is 0 Å². The maximum Gasteiger partial charge on any atom is 0.268 e. The Bertz CT molecular complexity index is 3000. The number of para-hydroxylation sites is 4. The molecule has 0 N–H and O–H groups in total. The van der Waals surface area contributed by atoms with Crippen LogP contribution >= 0.6 is 0 Å². The summed E-state index contributed by atoms with van der Waals surface area (Å²) in [5.41, 5.74) is 12.8. The van der Waals surface area contributed by atoms with Crippen molar-refractivity contribution in [1.82, 2.24) is 29.1 Å². The number of hydrogen-bond acceptors (Lipinski definition) is 6. The van der Waals surface area contributed by atoms with Gasteiger partial charge >= 0.3 is 0 Å². The second-order valence-electron chi connectivity index (χ2n) is 14.5. The van der Waals surface area contributed by atoms with E-state index in [4.69, 9.17) is 9.47 Å². The molecular formula is C50H34N8O2Pt2-4. The average Bonchev–Trinajstić information content (AvgIpc) is 3.84. The first-order valence-electron chi connectivity index (χ1n) is 19.3. The first-order chi connectivity index (χ1) is 29.3. The van der Waals surface area contributed by atoms with Gasteiger partial charge in [0.1, 0.15) is 0 Å². The van der Waals surface area contributed by atoms with E-state index in [0.717, 1.165) is 33.4 Å². The van der Waals surface area contributed by atoms with Gasteiger partial charge in [-0.05, 0) is 88.1 Å². The maximum absolute atomic E-state index is 6.25. The van der Waals surface area contributed by atoms with Crippen LogP contribution in [0.5, 0.6) is 23.0 Å². The average molecular weight is 1170 g/mol. The van der Waals surface area contributed by atoms with Crippen LogP contribution in [0, 0.1) is 64.6 Å². The van der Waals surface area contributed by atoms with E-state index in [0.29, 0.717) is 45.8 Å². The Labute approximate surface area is 387 Å². The van der Waals surface area contributed by atoms with E-state index in [9.17, 15) is 0 Å². The molecule has 0 fully saturated rings. The SMILES string of the molecule is Cc1cc(C)cc(-n2[c-][n+](-c3[c-]c(Oc4[c-]c(-c5[c-]c(Oc6[c-]c(-[n+]7[c-]n(-c8cc(C)cc(C)c8)c8ccccc87)cnc6)ccn5)ncc4)cnc3)c3ccccc32)c1.[Pt].[Pt]. The second kappa shape index (κ2) is 17.8. The predicted molar refractivity (Wildman–Crippen MR) is 225 cm³/mol. The van der Waals surface area contributed by atoms with Crippen molar-refractivity contribution in [2.24, 2.45) is 0 Å². The maximum atomic E-state index is 6.25. The van der Waals surface area contributed by atoms with E-state index >= 15 is 0 Å². The van der Waals surface area contributed by atoms with Crippen molar-refractivity contribution in [3.63, 3.8) is 0 Å². The van der Waals surface area contributed by atoms with Crippen LogP contribution in [0.2, 0.25) is 0 Å². The molecule has 0 bridgehead atoms. The smallest absolute Gasteiger partial charge is 0.268 e. The van der Waals surface area contributed by atoms with Gasteiger partial charge in [0.15, 0.2) is 0 Å². The fourth-order valence-electron chi connectivity index (χ4n) is 7.42. The van der Waals surface area contributed by atoms with Crippen LogP contribution in [0.1, 0.15) is 22.3 Å². The van der Waals surface area contributed by atoms with E-state index < -0.39 is 0 Å². The number of aryl methyl sites for hydroxylation is 4. The first kappa shape index (κ1) is 42.1. The summed E-state index contributed by atoms with van der Waals surface area (Å²) in [5, 5.41) is 0. The molecule has 12 heteroatoms. The molecule has 10 rings (SSSR count). The van der Waals surface area contributed by atoms with Crippen molar-refractivity contribution in [2.45, 2.75) is 27.7 Å². The molecule has 0 aliphatic heterocycles. The van der Waals surface area contributed by atoms with Crippen LogP contribution in [-0.2, 0) is 42.1 Å². The number of ether oxygens (including phenoxy) is 2. The number of imidazole rings is 2. The van der Waals surface area contributed by atoms with E-state index in [-0.39, 0.29) is 42.1 Å². The Morgan fingerprint density at radius 1 is 0.468 bits per heavy atom. The minimum atomic E-state index is 0. The third-order valence-corrected chi connectivity index (χ3v) is 9.82. The Hall–Kier alpha value is -6.60. The van der Waals surface area contributed by atoms with Gasteiger partial charge in [-0.15, -0.1) is 35.7 Å². The van der Waals surface area contributed by atoms with Gasteiger partial charge in [-0.1, -0.05) is 95.3 Å². The van der Waals surface area contributed by atoms with Crippen LogP contribution < -0.4 is 18.6 Å². The molecule has 0 amide bonds. The monoisotopic (exact) mass is 1170 g/mol. The number of nitrogens with zero attached hydrogens (tertiary/aromatic N) is 8. The Balaban J connectivity index is 0.00000264. The molecule has 0 atom stereocenters. The van der Waals surface area contributed by atoms with Crippen LogP contribution in [0.4, 0.5) is 0 Å². The largest absolute Gasteiger partial charge is 0.509 e. The fourth-order valence-corrected chi connectivity index (χ4v) is 7.42.